The van der Waals surface area contributed by atoms with Gasteiger partial charge in [-0.25, -0.2) is 17.5 Å². The second-order valence-corrected chi connectivity index (χ2v) is 9.59. The monoisotopic (exact) mass is 420 g/mol. The van der Waals surface area contributed by atoms with Gasteiger partial charge in [0.05, 0.1) is 12.4 Å². The third kappa shape index (κ3) is 6.09. The number of likely N-dealkylation sites (tertiary alicyclic amines) is 1. The largest absolute Gasteiger partial charge is 0.379 e. The molecule has 1 saturated heterocycles. The first kappa shape index (κ1) is 21.9. The Morgan fingerprint density at radius 2 is 1.83 bits per heavy atom. The van der Waals surface area contributed by atoms with Gasteiger partial charge in [0.2, 0.25) is 10.0 Å². The number of benzene rings is 2. The molecular formula is C22H29FN2O3S. The molecule has 0 saturated carbocycles. The molecule has 7 heteroatoms. The van der Waals surface area contributed by atoms with Crippen molar-refractivity contribution < 1.29 is 17.5 Å². The van der Waals surface area contributed by atoms with Gasteiger partial charge >= 0.3 is 0 Å². The molecule has 0 amide bonds. The van der Waals surface area contributed by atoms with E-state index in [1.54, 1.807) is 7.11 Å². The molecule has 2 aromatic carbocycles. The van der Waals surface area contributed by atoms with Gasteiger partial charge < -0.3 is 4.74 Å². The smallest absolute Gasteiger partial charge is 0.209 e. The molecular weight excluding hydrogens is 391 g/mol. The lowest BCUT2D eigenvalue weighted by Gasteiger charge is -2.38. The van der Waals surface area contributed by atoms with Crippen molar-refractivity contribution in [3.63, 3.8) is 0 Å². The zero-order chi connectivity index (χ0) is 21.0. The molecule has 0 aromatic heterocycles. The Kier molecular flexibility index (Phi) is 7.05. The van der Waals surface area contributed by atoms with Crippen molar-refractivity contribution in [3.05, 3.63) is 71.0 Å². The lowest BCUT2D eigenvalue weighted by atomic mass is 9.86. The standard InChI is InChI=1S/C22H29FN2O3S/c1-16(24-29(3,26)27)18-6-4-17(5-7-18)14-25-13-12-21(22(15-25)28-2)19-8-10-20(23)11-9-19/h4-11,16,21-22,24H,12-15H2,1-3H3/t16-,21-,22+/m1/s1. The van der Waals surface area contributed by atoms with Gasteiger partial charge in [-0.2, -0.15) is 0 Å². The third-order valence-electron chi connectivity index (χ3n) is 5.52. The predicted octanol–water partition coefficient (Wildman–Crippen LogP) is 3.44. The minimum absolute atomic E-state index is 0.0625. The number of piperidine rings is 1. The van der Waals surface area contributed by atoms with E-state index in [-0.39, 0.29) is 23.9 Å². The van der Waals surface area contributed by atoms with Crippen LogP contribution in [-0.2, 0) is 21.3 Å². The summed E-state index contributed by atoms with van der Waals surface area (Å²) in [7, 11) is -1.51. The Balaban J connectivity index is 1.61. The highest BCUT2D eigenvalue weighted by Gasteiger charge is 2.30. The van der Waals surface area contributed by atoms with Crippen LogP contribution in [0.4, 0.5) is 4.39 Å². The molecule has 0 radical (unpaired) electrons. The average Bonchev–Trinajstić information content (AvgIpc) is 2.68. The number of sulfonamides is 1. The zero-order valence-corrected chi connectivity index (χ0v) is 18.0. The lowest BCUT2D eigenvalue weighted by molar-refractivity contribution is 0.0118. The SMILES string of the molecule is CO[C@H]1CN(Cc2ccc([C@@H](C)NS(C)(=O)=O)cc2)CC[C@@H]1c1ccc(F)cc1. The fourth-order valence-corrected chi connectivity index (χ4v) is 4.79. The number of hydrogen-bond acceptors (Lipinski definition) is 4. The summed E-state index contributed by atoms with van der Waals surface area (Å²) in [6.45, 7) is 4.39. The summed E-state index contributed by atoms with van der Waals surface area (Å²) in [4.78, 5) is 2.36. The van der Waals surface area contributed by atoms with Crippen molar-refractivity contribution in [2.45, 2.75) is 38.0 Å². The average molecular weight is 421 g/mol. The summed E-state index contributed by atoms with van der Waals surface area (Å²) >= 11 is 0. The van der Waals surface area contributed by atoms with Crippen LogP contribution in [0, 0.1) is 5.82 Å². The fraction of sp³-hybridized carbons (Fsp3) is 0.455. The number of rotatable bonds is 7. The molecule has 158 valence electrons. The molecule has 3 atom stereocenters. The van der Waals surface area contributed by atoms with Crippen molar-refractivity contribution in [3.8, 4) is 0 Å². The second-order valence-electron chi connectivity index (χ2n) is 7.81. The van der Waals surface area contributed by atoms with Crippen LogP contribution in [0.3, 0.4) is 0 Å². The number of methoxy groups -OCH3 is 1. The van der Waals surface area contributed by atoms with E-state index in [1.807, 2.05) is 43.3 Å². The van der Waals surface area contributed by atoms with Crippen LogP contribution in [0.15, 0.2) is 48.5 Å². The van der Waals surface area contributed by atoms with E-state index in [0.29, 0.717) is 0 Å². The highest BCUT2D eigenvalue weighted by atomic mass is 32.2. The molecule has 0 spiro atoms. The Hall–Kier alpha value is -1.80. The van der Waals surface area contributed by atoms with Crippen LogP contribution in [-0.4, -0.2) is 45.9 Å². The first-order chi connectivity index (χ1) is 13.7. The van der Waals surface area contributed by atoms with Gasteiger partial charge in [-0.15, -0.1) is 0 Å². The van der Waals surface area contributed by atoms with Crippen molar-refractivity contribution >= 4 is 10.0 Å². The van der Waals surface area contributed by atoms with E-state index >= 15 is 0 Å². The Bertz CT molecular complexity index is 901. The minimum atomic E-state index is -3.24. The maximum Gasteiger partial charge on any atom is 0.209 e. The van der Waals surface area contributed by atoms with Crippen molar-refractivity contribution in [1.82, 2.24) is 9.62 Å². The van der Waals surface area contributed by atoms with Crippen LogP contribution >= 0.6 is 0 Å². The van der Waals surface area contributed by atoms with E-state index in [9.17, 15) is 12.8 Å². The fourth-order valence-electron chi connectivity index (χ4n) is 4.01. The topological polar surface area (TPSA) is 58.6 Å². The van der Waals surface area contributed by atoms with Gasteiger partial charge in [-0.3, -0.25) is 4.90 Å². The van der Waals surface area contributed by atoms with E-state index in [4.69, 9.17) is 4.74 Å². The Labute approximate surface area is 172 Å². The van der Waals surface area contributed by atoms with Gasteiger partial charge in [0, 0.05) is 32.2 Å². The van der Waals surface area contributed by atoms with Crippen LogP contribution < -0.4 is 4.72 Å². The summed E-state index contributed by atoms with van der Waals surface area (Å²) in [5.74, 6) is 0.0480. The molecule has 1 N–H and O–H groups in total. The van der Waals surface area contributed by atoms with E-state index in [0.717, 1.165) is 37.2 Å². The maximum absolute atomic E-state index is 13.2. The molecule has 2 aromatic rings. The van der Waals surface area contributed by atoms with E-state index < -0.39 is 10.0 Å². The maximum atomic E-state index is 13.2. The van der Waals surface area contributed by atoms with Crippen molar-refractivity contribution in [2.75, 3.05) is 26.5 Å². The molecule has 0 aliphatic carbocycles. The van der Waals surface area contributed by atoms with Gasteiger partial charge in [0.1, 0.15) is 5.82 Å². The number of hydrogen-bond donors (Lipinski definition) is 1. The van der Waals surface area contributed by atoms with Gasteiger partial charge in [-0.05, 0) is 48.7 Å². The molecule has 1 aliphatic rings. The highest BCUT2D eigenvalue weighted by molar-refractivity contribution is 7.88. The molecule has 1 heterocycles. The zero-order valence-electron chi connectivity index (χ0n) is 17.1. The minimum Gasteiger partial charge on any atom is -0.379 e. The molecule has 5 nitrogen and oxygen atoms in total. The molecule has 0 bridgehead atoms. The first-order valence-electron chi connectivity index (χ1n) is 9.82. The summed E-state index contributed by atoms with van der Waals surface area (Å²) in [6.07, 6.45) is 2.18. The van der Waals surface area contributed by atoms with Gasteiger partial charge in [0.15, 0.2) is 0 Å². The predicted molar refractivity (Wildman–Crippen MR) is 113 cm³/mol. The normalized spacial score (nSPS) is 21.8. The van der Waals surface area contributed by atoms with E-state index in [1.165, 1.54) is 24.0 Å². The summed E-state index contributed by atoms with van der Waals surface area (Å²) in [5, 5.41) is 0. The van der Waals surface area contributed by atoms with Crippen LogP contribution in [0.2, 0.25) is 0 Å². The molecule has 3 rings (SSSR count). The van der Waals surface area contributed by atoms with E-state index in [2.05, 4.69) is 9.62 Å². The molecule has 1 aliphatic heterocycles. The first-order valence-corrected chi connectivity index (χ1v) is 11.7. The van der Waals surface area contributed by atoms with Crippen LogP contribution in [0.25, 0.3) is 0 Å². The highest BCUT2D eigenvalue weighted by Crippen LogP contribution is 2.31. The summed E-state index contributed by atoms with van der Waals surface area (Å²) in [6, 6.07) is 14.5. The lowest BCUT2D eigenvalue weighted by Crippen LogP contribution is -2.43. The summed E-state index contributed by atoms with van der Waals surface area (Å²) in [5.41, 5.74) is 3.23. The number of nitrogens with one attached hydrogen (secondary N) is 1. The van der Waals surface area contributed by atoms with Gasteiger partial charge in [-0.1, -0.05) is 36.4 Å². The van der Waals surface area contributed by atoms with Gasteiger partial charge in [0.25, 0.3) is 0 Å². The van der Waals surface area contributed by atoms with Crippen LogP contribution in [0.1, 0.15) is 42.0 Å². The third-order valence-corrected chi connectivity index (χ3v) is 6.30. The Morgan fingerprint density at radius 1 is 1.17 bits per heavy atom. The molecule has 29 heavy (non-hydrogen) atoms. The summed E-state index contributed by atoms with van der Waals surface area (Å²) < 4.78 is 44.4. The number of halogens is 1. The molecule has 0 unspecified atom stereocenters. The quantitative estimate of drug-likeness (QED) is 0.746. The van der Waals surface area contributed by atoms with Crippen molar-refractivity contribution in [2.24, 2.45) is 0 Å². The molecule has 1 fully saturated rings. The number of nitrogens with zero attached hydrogens (tertiary/aromatic N) is 1. The Morgan fingerprint density at radius 3 is 2.41 bits per heavy atom. The van der Waals surface area contributed by atoms with Crippen LogP contribution in [0.5, 0.6) is 0 Å². The van der Waals surface area contributed by atoms with Crippen molar-refractivity contribution in [1.29, 1.82) is 0 Å². The second kappa shape index (κ2) is 9.34. The number of ether oxygens (including phenoxy) is 1.